The molecule has 0 saturated heterocycles. The first-order valence-electron chi connectivity index (χ1n) is 12.4. The molecular formula is C30H30NO6+. The van der Waals surface area contributed by atoms with Crippen LogP contribution in [-0.4, -0.2) is 34.7 Å². The van der Waals surface area contributed by atoms with Crippen molar-refractivity contribution in [2.75, 3.05) is 34.7 Å². The summed E-state index contributed by atoms with van der Waals surface area (Å²) < 4.78 is 36.5. The summed E-state index contributed by atoms with van der Waals surface area (Å²) in [6.07, 6.45) is 3.84. The van der Waals surface area contributed by atoms with Gasteiger partial charge in [-0.15, -0.1) is 0 Å². The summed E-state index contributed by atoms with van der Waals surface area (Å²) in [6, 6.07) is 16.3. The fourth-order valence-corrected chi connectivity index (χ4v) is 5.35. The molecule has 0 amide bonds. The molecule has 0 unspecified atom stereocenters. The number of benzene rings is 3. The van der Waals surface area contributed by atoms with Crippen LogP contribution in [0.3, 0.4) is 0 Å². The average molecular weight is 501 g/mol. The van der Waals surface area contributed by atoms with Crippen LogP contribution in [0, 0.1) is 0 Å². The molecule has 0 N–H and O–H groups in total. The molecule has 3 aromatic carbocycles. The Bertz CT molecular complexity index is 1460. The topological polar surface area (TPSA) is 59.3 Å². The van der Waals surface area contributed by atoms with Gasteiger partial charge in [0.25, 0.3) is 0 Å². The van der Waals surface area contributed by atoms with Crippen molar-refractivity contribution in [3.63, 3.8) is 0 Å². The number of aryl methyl sites for hydroxylation is 2. The van der Waals surface area contributed by atoms with Gasteiger partial charge in [0.05, 0.1) is 45.5 Å². The van der Waals surface area contributed by atoms with Gasteiger partial charge in [-0.25, -0.2) is 0 Å². The van der Waals surface area contributed by atoms with Crippen LogP contribution in [0.4, 0.5) is 0 Å². The monoisotopic (exact) mass is 500 g/mol. The summed E-state index contributed by atoms with van der Waals surface area (Å²) in [5.74, 6) is 3.92. The summed E-state index contributed by atoms with van der Waals surface area (Å²) in [6.45, 7) is 2.24. The SMILES string of the molecule is COc1ccc(COCCc2c3[n+](cc4c(OC)c(OC)ccc24)CCc2cc4c(cc2-3)OCO4)cc1. The van der Waals surface area contributed by atoms with Crippen LogP contribution in [0.2, 0.25) is 0 Å². The van der Waals surface area contributed by atoms with Crippen LogP contribution in [0.5, 0.6) is 28.7 Å². The summed E-state index contributed by atoms with van der Waals surface area (Å²) in [7, 11) is 5.03. The van der Waals surface area contributed by atoms with Gasteiger partial charge in [-0.1, -0.05) is 12.1 Å². The molecule has 0 radical (unpaired) electrons. The lowest BCUT2D eigenvalue weighted by Gasteiger charge is -2.21. The molecule has 6 rings (SSSR count). The predicted octanol–water partition coefficient (Wildman–Crippen LogP) is 4.86. The maximum atomic E-state index is 6.15. The number of hydrogen-bond donors (Lipinski definition) is 0. The minimum absolute atomic E-state index is 0.263. The summed E-state index contributed by atoms with van der Waals surface area (Å²) >= 11 is 0. The minimum atomic E-state index is 0.263. The van der Waals surface area contributed by atoms with Gasteiger partial charge in [0.1, 0.15) is 5.75 Å². The van der Waals surface area contributed by atoms with Gasteiger partial charge < -0.3 is 28.4 Å². The molecule has 7 nitrogen and oxygen atoms in total. The Balaban J connectivity index is 1.40. The van der Waals surface area contributed by atoms with Gasteiger partial charge >= 0.3 is 0 Å². The fourth-order valence-electron chi connectivity index (χ4n) is 5.35. The van der Waals surface area contributed by atoms with Crippen molar-refractivity contribution in [1.29, 1.82) is 0 Å². The van der Waals surface area contributed by atoms with Crippen molar-refractivity contribution in [1.82, 2.24) is 0 Å². The zero-order valence-corrected chi connectivity index (χ0v) is 21.3. The number of fused-ring (bicyclic) bond motifs is 5. The quantitative estimate of drug-likeness (QED) is 0.254. The smallest absolute Gasteiger partial charge is 0.231 e. The molecule has 37 heavy (non-hydrogen) atoms. The third-order valence-electron chi connectivity index (χ3n) is 7.17. The molecule has 0 bridgehead atoms. The Morgan fingerprint density at radius 1 is 0.865 bits per heavy atom. The van der Waals surface area contributed by atoms with E-state index >= 15 is 0 Å². The van der Waals surface area contributed by atoms with E-state index in [1.54, 1.807) is 21.3 Å². The normalized spacial score (nSPS) is 13.3. The maximum Gasteiger partial charge on any atom is 0.231 e. The van der Waals surface area contributed by atoms with E-state index in [0.29, 0.717) is 13.2 Å². The number of methoxy groups -OCH3 is 3. The highest BCUT2D eigenvalue weighted by atomic mass is 16.7. The van der Waals surface area contributed by atoms with Gasteiger partial charge in [-0.2, -0.15) is 4.57 Å². The summed E-state index contributed by atoms with van der Waals surface area (Å²) in [5, 5.41) is 2.16. The Morgan fingerprint density at radius 3 is 2.43 bits per heavy atom. The molecular weight excluding hydrogens is 470 g/mol. The molecule has 0 spiro atoms. The van der Waals surface area contributed by atoms with Crippen LogP contribution in [0.1, 0.15) is 16.7 Å². The molecule has 4 aromatic rings. The number of pyridine rings is 1. The lowest BCUT2D eigenvalue weighted by molar-refractivity contribution is -0.686. The standard InChI is InChI=1S/C30H30NO6/c1-32-21-6-4-19(5-7-21)17-35-13-11-23-22-8-9-26(33-2)30(34-3)25(22)16-31-12-10-20-14-27-28(37-18-36-27)15-24(20)29(23)31/h4-9,14-16H,10-13,17-18H2,1-3H3/q+1. The highest BCUT2D eigenvalue weighted by Gasteiger charge is 2.32. The molecule has 190 valence electrons. The lowest BCUT2D eigenvalue weighted by atomic mass is 9.90. The molecule has 0 saturated carbocycles. The molecule has 3 heterocycles. The molecule has 0 fully saturated rings. The van der Waals surface area contributed by atoms with Crippen LogP contribution >= 0.6 is 0 Å². The van der Waals surface area contributed by atoms with E-state index in [-0.39, 0.29) is 6.79 Å². The Hall–Kier alpha value is -3.97. The average Bonchev–Trinajstić information content (AvgIpc) is 3.40. The van der Waals surface area contributed by atoms with Crippen molar-refractivity contribution in [3.8, 4) is 40.0 Å². The molecule has 2 aliphatic heterocycles. The Labute approximate surface area is 216 Å². The van der Waals surface area contributed by atoms with E-state index in [1.807, 2.05) is 30.3 Å². The number of hydrogen-bond acceptors (Lipinski definition) is 6. The zero-order chi connectivity index (χ0) is 25.4. The predicted molar refractivity (Wildman–Crippen MR) is 139 cm³/mol. The van der Waals surface area contributed by atoms with Crippen molar-refractivity contribution >= 4 is 10.8 Å². The van der Waals surface area contributed by atoms with Crippen LogP contribution in [0.25, 0.3) is 22.0 Å². The first-order valence-corrected chi connectivity index (χ1v) is 12.4. The molecule has 1 aromatic heterocycles. The molecule has 0 atom stereocenters. The Kier molecular flexibility index (Phi) is 6.22. The second kappa shape index (κ2) is 9.82. The molecule has 7 heteroatoms. The second-order valence-electron chi connectivity index (χ2n) is 9.18. The van der Waals surface area contributed by atoms with Crippen LogP contribution in [-0.2, 0) is 30.7 Å². The second-order valence-corrected chi connectivity index (χ2v) is 9.18. The van der Waals surface area contributed by atoms with E-state index in [0.717, 1.165) is 64.5 Å². The van der Waals surface area contributed by atoms with Crippen molar-refractivity contribution in [3.05, 3.63) is 71.4 Å². The fraction of sp³-hybridized carbons (Fsp3) is 0.300. The highest BCUT2D eigenvalue weighted by molar-refractivity contribution is 5.95. The van der Waals surface area contributed by atoms with Crippen molar-refractivity contribution in [2.45, 2.75) is 26.0 Å². The zero-order valence-electron chi connectivity index (χ0n) is 21.3. The first-order chi connectivity index (χ1) is 18.2. The summed E-state index contributed by atoms with van der Waals surface area (Å²) in [5.41, 5.74) is 5.96. The molecule has 2 aliphatic rings. The number of nitrogens with zero attached hydrogens (tertiary/aromatic N) is 1. The van der Waals surface area contributed by atoms with Gasteiger partial charge in [-0.05, 0) is 47.5 Å². The van der Waals surface area contributed by atoms with E-state index in [1.165, 1.54) is 22.4 Å². The van der Waals surface area contributed by atoms with Gasteiger partial charge in [-0.3, -0.25) is 0 Å². The maximum absolute atomic E-state index is 6.15. The largest absolute Gasteiger partial charge is 0.497 e. The third kappa shape index (κ3) is 4.19. The van der Waals surface area contributed by atoms with E-state index < -0.39 is 0 Å². The van der Waals surface area contributed by atoms with E-state index in [2.05, 4.69) is 29.0 Å². The van der Waals surface area contributed by atoms with E-state index in [4.69, 9.17) is 28.4 Å². The van der Waals surface area contributed by atoms with E-state index in [9.17, 15) is 0 Å². The Morgan fingerprint density at radius 2 is 1.68 bits per heavy atom. The van der Waals surface area contributed by atoms with Crippen LogP contribution in [0.15, 0.2) is 54.7 Å². The number of rotatable bonds is 8. The van der Waals surface area contributed by atoms with Crippen molar-refractivity contribution in [2.24, 2.45) is 0 Å². The lowest BCUT2D eigenvalue weighted by Crippen LogP contribution is -2.41. The first kappa shape index (κ1) is 23.4. The highest BCUT2D eigenvalue weighted by Crippen LogP contribution is 2.43. The molecule has 0 aliphatic carbocycles. The summed E-state index contributed by atoms with van der Waals surface area (Å²) in [4.78, 5) is 0. The van der Waals surface area contributed by atoms with Gasteiger partial charge in [0.15, 0.2) is 35.7 Å². The van der Waals surface area contributed by atoms with Crippen LogP contribution < -0.4 is 28.3 Å². The van der Waals surface area contributed by atoms with Gasteiger partial charge in [0, 0.05) is 23.8 Å². The van der Waals surface area contributed by atoms with Crippen molar-refractivity contribution < 1.29 is 33.0 Å². The third-order valence-corrected chi connectivity index (χ3v) is 7.17. The minimum Gasteiger partial charge on any atom is -0.497 e. The number of ether oxygens (including phenoxy) is 6. The number of aromatic nitrogens is 1. The van der Waals surface area contributed by atoms with Gasteiger partial charge in [0.2, 0.25) is 12.5 Å².